The van der Waals surface area contributed by atoms with Gasteiger partial charge < -0.3 is 4.74 Å². The topological polar surface area (TPSA) is 77.5 Å². The Kier molecular flexibility index (Phi) is 3.78. The van der Waals surface area contributed by atoms with Gasteiger partial charge in [0.15, 0.2) is 0 Å². The summed E-state index contributed by atoms with van der Waals surface area (Å²) >= 11 is 0. The van der Waals surface area contributed by atoms with Gasteiger partial charge in [-0.2, -0.15) is 0 Å². The van der Waals surface area contributed by atoms with Crippen LogP contribution >= 0.6 is 0 Å². The van der Waals surface area contributed by atoms with Gasteiger partial charge in [0, 0.05) is 0 Å². The van der Waals surface area contributed by atoms with Crippen LogP contribution in [0.5, 0.6) is 0 Å². The van der Waals surface area contributed by atoms with Gasteiger partial charge in [0.25, 0.3) is 5.12 Å². The second-order valence-corrected chi connectivity index (χ2v) is 4.88. The second kappa shape index (κ2) is 4.89. The fraction of sp³-hybridized carbons (Fsp3) is 0.200. The Labute approximate surface area is 93.0 Å². The van der Waals surface area contributed by atoms with E-state index >= 15 is 0 Å². The summed E-state index contributed by atoms with van der Waals surface area (Å²) in [5.74, 6) is -0.871. The van der Waals surface area contributed by atoms with Gasteiger partial charge in [-0.05, 0) is 12.1 Å². The van der Waals surface area contributed by atoms with Gasteiger partial charge >= 0.3 is 5.97 Å². The highest BCUT2D eigenvalue weighted by atomic mass is 32.2. The van der Waals surface area contributed by atoms with Crippen molar-refractivity contribution in [1.29, 1.82) is 0 Å². The molecule has 0 atom stereocenters. The Hall–Kier alpha value is -1.69. The van der Waals surface area contributed by atoms with Crippen molar-refractivity contribution in [2.75, 3.05) is 7.11 Å². The molecule has 0 heterocycles. The maximum absolute atomic E-state index is 11.6. The fourth-order valence-electron chi connectivity index (χ4n) is 1.02. The lowest BCUT2D eigenvalue weighted by molar-refractivity contribution is -0.142. The normalized spacial score (nSPS) is 10.8. The summed E-state index contributed by atoms with van der Waals surface area (Å²) in [6.07, 6.45) is -0.770. The Morgan fingerprint density at radius 1 is 1.19 bits per heavy atom. The first-order chi connectivity index (χ1) is 7.48. The third-order valence-electron chi connectivity index (χ3n) is 1.87. The molecule has 16 heavy (non-hydrogen) atoms. The van der Waals surface area contributed by atoms with Crippen molar-refractivity contribution < 1.29 is 22.7 Å². The van der Waals surface area contributed by atoms with Crippen LogP contribution in [0, 0.1) is 0 Å². The van der Waals surface area contributed by atoms with E-state index in [1.165, 1.54) is 24.3 Å². The quantitative estimate of drug-likeness (QED) is 0.571. The van der Waals surface area contributed by atoms with Crippen molar-refractivity contribution in [3.63, 3.8) is 0 Å². The molecule has 0 saturated heterocycles. The number of methoxy groups -OCH3 is 1. The first-order valence-corrected chi connectivity index (χ1v) is 5.86. The van der Waals surface area contributed by atoms with Crippen LogP contribution in [-0.4, -0.2) is 26.6 Å². The zero-order valence-corrected chi connectivity index (χ0v) is 9.36. The van der Waals surface area contributed by atoms with Gasteiger partial charge in [-0.3, -0.25) is 9.59 Å². The molecule has 0 amide bonds. The van der Waals surface area contributed by atoms with E-state index in [0.29, 0.717) is 0 Å². The Bertz CT molecular complexity index is 489. The summed E-state index contributed by atoms with van der Waals surface area (Å²) in [5.41, 5.74) is 0. The van der Waals surface area contributed by atoms with E-state index in [4.69, 9.17) is 0 Å². The zero-order chi connectivity index (χ0) is 12.2. The first kappa shape index (κ1) is 12.4. The minimum Gasteiger partial charge on any atom is -0.469 e. The highest BCUT2D eigenvalue weighted by Gasteiger charge is 2.26. The van der Waals surface area contributed by atoms with E-state index in [0.717, 1.165) is 7.11 Å². The van der Waals surface area contributed by atoms with Gasteiger partial charge in [0.1, 0.15) is 6.42 Å². The molecule has 6 heteroatoms. The number of hydrogen-bond acceptors (Lipinski definition) is 5. The minimum atomic E-state index is -4.08. The maximum atomic E-state index is 11.6. The Morgan fingerprint density at radius 2 is 1.75 bits per heavy atom. The SMILES string of the molecule is COC(=O)CC(=O)S(=O)(=O)c1ccccc1. The summed E-state index contributed by atoms with van der Waals surface area (Å²) in [6, 6.07) is 7.22. The van der Waals surface area contributed by atoms with Crippen LogP contribution in [0.4, 0.5) is 0 Å². The van der Waals surface area contributed by atoms with Crippen LogP contribution in [0.15, 0.2) is 35.2 Å². The summed E-state index contributed by atoms with van der Waals surface area (Å²) in [6.45, 7) is 0. The number of benzene rings is 1. The second-order valence-electron chi connectivity index (χ2n) is 2.94. The molecule has 0 fully saturated rings. The summed E-state index contributed by atoms with van der Waals surface area (Å²) in [4.78, 5) is 22.0. The van der Waals surface area contributed by atoms with Crippen molar-refractivity contribution in [2.24, 2.45) is 0 Å². The lowest BCUT2D eigenvalue weighted by atomic mass is 10.4. The molecule has 1 aromatic rings. The molecule has 0 aliphatic heterocycles. The molecule has 1 rings (SSSR count). The highest BCUT2D eigenvalue weighted by Crippen LogP contribution is 2.12. The molecule has 0 saturated carbocycles. The third-order valence-corrected chi connectivity index (χ3v) is 3.51. The summed E-state index contributed by atoms with van der Waals surface area (Å²) < 4.78 is 27.5. The van der Waals surface area contributed by atoms with E-state index in [1.54, 1.807) is 6.07 Å². The van der Waals surface area contributed by atoms with Crippen LogP contribution in [0.1, 0.15) is 6.42 Å². The van der Waals surface area contributed by atoms with Crippen LogP contribution in [0.25, 0.3) is 0 Å². The number of carbonyl (C=O) groups is 2. The van der Waals surface area contributed by atoms with Crippen LogP contribution in [0.3, 0.4) is 0 Å². The molecule has 0 aromatic heterocycles. The molecule has 0 N–H and O–H groups in total. The average molecular weight is 242 g/mol. The number of sulfone groups is 1. The monoisotopic (exact) mass is 242 g/mol. The van der Waals surface area contributed by atoms with Gasteiger partial charge in [-0.15, -0.1) is 0 Å². The highest BCUT2D eigenvalue weighted by molar-refractivity contribution is 8.06. The van der Waals surface area contributed by atoms with Crippen molar-refractivity contribution in [3.05, 3.63) is 30.3 Å². The van der Waals surface area contributed by atoms with Crippen molar-refractivity contribution >= 4 is 20.9 Å². The number of rotatable bonds is 3. The smallest absolute Gasteiger partial charge is 0.314 e. The Balaban J connectivity index is 2.96. The van der Waals surface area contributed by atoms with E-state index in [2.05, 4.69) is 4.74 Å². The maximum Gasteiger partial charge on any atom is 0.314 e. The van der Waals surface area contributed by atoms with Gasteiger partial charge in [0.05, 0.1) is 12.0 Å². The number of carbonyl (C=O) groups excluding carboxylic acids is 2. The lowest BCUT2D eigenvalue weighted by Crippen LogP contribution is -2.19. The number of hydrogen-bond donors (Lipinski definition) is 0. The van der Waals surface area contributed by atoms with Crippen molar-refractivity contribution in [2.45, 2.75) is 11.3 Å². The molecule has 0 aliphatic carbocycles. The van der Waals surface area contributed by atoms with E-state index in [1.807, 2.05) is 0 Å². The van der Waals surface area contributed by atoms with Gasteiger partial charge in [-0.1, -0.05) is 18.2 Å². The Morgan fingerprint density at radius 3 is 2.25 bits per heavy atom. The fourth-order valence-corrected chi connectivity index (χ4v) is 2.10. The van der Waals surface area contributed by atoms with Crippen molar-refractivity contribution in [1.82, 2.24) is 0 Å². The predicted molar refractivity (Wildman–Crippen MR) is 55.3 cm³/mol. The largest absolute Gasteiger partial charge is 0.469 e. The molecule has 0 unspecified atom stereocenters. The molecule has 0 radical (unpaired) electrons. The molecule has 0 bridgehead atoms. The van der Waals surface area contributed by atoms with Crippen molar-refractivity contribution in [3.8, 4) is 0 Å². The van der Waals surface area contributed by atoms with E-state index in [-0.39, 0.29) is 4.90 Å². The molecule has 86 valence electrons. The average Bonchev–Trinajstić information content (AvgIpc) is 2.29. The molecule has 1 aromatic carbocycles. The molecule has 5 nitrogen and oxygen atoms in total. The standard InChI is InChI=1S/C10H10O5S/c1-15-9(11)7-10(12)16(13,14)8-5-3-2-4-6-8/h2-6H,7H2,1H3. The van der Waals surface area contributed by atoms with E-state index < -0.39 is 27.3 Å². The number of ether oxygens (including phenoxy) is 1. The molecular formula is C10H10O5S. The minimum absolute atomic E-state index is 0.121. The lowest BCUT2D eigenvalue weighted by Gasteiger charge is -2.01. The molecule has 0 aliphatic rings. The zero-order valence-electron chi connectivity index (χ0n) is 8.54. The third kappa shape index (κ3) is 2.66. The molecule has 0 spiro atoms. The summed E-state index contributed by atoms with van der Waals surface area (Å²) in [5, 5.41) is -1.16. The first-order valence-electron chi connectivity index (χ1n) is 4.38. The van der Waals surface area contributed by atoms with Crippen LogP contribution < -0.4 is 0 Å². The number of esters is 1. The molecular weight excluding hydrogens is 232 g/mol. The van der Waals surface area contributed by atoms with Crippen LogP contribution in [0.2, 0.25) is 0 Å². The van der Waals surface area contributed by atoms with E-state index in [9.17, 15) is 18.0 Å². The van der Waals surface area contributed by atoms with Gasteiger partial charge in [0.2, 0.25) is 9.84 Å². The van der Waals surface area contributed by atoms with Crippen LogP contribution in [-0.2, 0) is 24.2 Å². The van der Waals surface area contributed by atoms with Gasteiger partial charge in [-0.25, -0.2) is 8.42 Å². The summed E-state index contributed by atoms with van der Waals surface area (Å²) in [7, 11) is -3.00. The predicted octanol–water partition coefficient (Wildman–Crippen LogP) is 0.550.